The molecule has 90 valence electrons. The van der Waals surface area contributed by atoms with Crippen molar-refractivity contribution in [1.82, 2.24) is 19.7 Å². The zero-order chi connectivity index (χ0) is 12.7. The molecule has 0 N–H and O–H groups in total. The molecule has 0 spiro atoms. The maximum Gasteiger partial charge on any atom is 0.168 e. The average Bonchev–Trinajstić information content (AvgIpc) is 2.69. The van der Waals surface area contributed by atoms with Crippen molar-refractivity contribution in [3.63, 3.8) is 0 Å². The summed E-state index contributed by atoms with van der Waals surface area (Å²) in [6.45, 7) is 3.96. The monoisotopic (exact) mass is 258 g/mol. The number of rotatable bonds is 1. The Balaban J connectivity index is 2.30. The molecule has 0 saturated carbocycles. The van der Waals surface area contributed by atoms with Crippen molar-refractivity contribution in [2.45, 2.75) is 13.8 Å². The Hall–Kier alpha value is -1.94. The van der Waals surface area contributed by atoms with Crippen LogP contribution in [0.4, 0.5) is 0 Å². The fourth-order valence-corrected chi connectivity index (χ4v) is 2.21. The summed E-state index contributed by atoms with van der Waals surface area (Å²) in [5.74, 6) is 0. The number of halogens is 1. The number of nitrogens with zero attached hydrogens (tertiary/aromatic N) is 4. The van der Waals surface area contributed by atoms with Crippen molar-refractivity contribution in [3.8, 4) is 5.69 Å². The van der Waals surface area contributed by atoms with E-state index in [2.05, 4.69) is 22.0 Å². The highest BCUT2D eigenvalue weighted by Crippen LogP contribution is 2.24. The molecule has 0 radical (unpaired) electrons. The molecule has 0 aliphatic heterocycles. The lowest BCUT2D eigenvalue weighted by atomic mass is 10.2. The molecule has 2 heterocycles. The van der Waals surface area contributed by atoms with Crippen LogP contribution in [0.3, 0.4) is 0 Å². The van der Waals surface area contributed by atoms with E-state index in [1.54, 1.807) is 4.68 Å². The van der Waals surface area contributed by atoms with Gasteiger partial charge in [-0.2, -0.15) is 5.10 Å². The Morgan fingerprint density at radius 1 is 1.06 bits per heavy atom. The van der Waals surface area contributed by atoms with E-state index in [1.165, 1.54) is 11.9 Å². The zero-order valence-corrected chi connectivity index (χ0v) is 10.8. The molecular weight excluding hydrogens is 248 g/mol. The molecule has 0 saturated heterocycles. The van der Waals surface area contributed by atoms with Crippen molar-refractivity contribution >= 4 is 22.6 Å². The highest BCUT2D eigenvalue weighted by molar-refractivity contribution is 6.34. The molecule has 5 heteroatoms. The molecule has 0 bridgehead atoms. The highest BCUT2D eigenvalue weighted by Gasteiger charge is 2.13. The summed E-state index contributed by atoms with van der Waals surface area (Å²) in [6.07, 6.45) is 1.45. The number of aryl methyl sites for hydroxylation is 2. The average molecular weight is 259 g/mol. The number of hydrogen-bond acceptors (Lipinski definition) is 3. The van der Waals surface area contributed by atoms with E-state index in [-0.39, 0.29) is 0 Å². The molecular formula is C13H11ClN4. The maximum absolute atomic E-state index is 6.08. The molecule has 4 nitrogen and oxygen atoms in total. The summed E-state index contributed by atoms with van der Waals surface area (Å²) < 4.78 is 1.79. The van der Waals surface area contributed by atoms with Crippen molar-refractivity contribution in [3.05, 3.63) is 47.0 Å². The van der Waals surface area contributed by atoms with Crippen LogP contribution < -0.4 is 0 Å². The molecule has 18 heavy (non-hydrogen) atoms. The van der Waals surface area contributed by atoms with Gasteiger partial charge in [0.05, 0.1) is 16.8 Å². The van der Waals surface area contributed by atoms with Crippen LogP contribution in [0.2, 0.25) is 5.15 Å². The first-order valence-electron chi connectivity index (χ1n) is 5.59. The summed E-state index contributed by atoms with van der Waals surface area (Å²) >= 11 is 6.08. The van der Waals surface area contributed by atoms with Gasteiger partial charge >= 0.3 is 0 Å². The van der Waals surface area contributed by atoms with Gasteiger partial charge in [-0.1, -0.05) is 29.3 Å². The van der Waals surface area contributed by atoms with Gasteiger partial charge in [0.1, 0.15) is 11.5 Å². The fourth-order valence-electron chi connectivity index (χ4n) is 1.94. The lowest BCUT2D eigenvalue weighted by Gasteiger charge is -2.02. The molecule has 1 aromatic carbocycles. The number of benzene rings is 1. The van der Waals surface area contributed by atoms with E-state index in [9.17, 15) is 0 Å². The lowest BCUT2D eigenvalue weighted by Crippen LogP contribution is -1.97. The van der Waals surface area contributed by atoms with E-state index in [4.69, 9.17) is 11.6 Å². The molecule has 3 rings (SSSR count). The minimum Gasteiger partial charge on any atom is -0.224 e. The molecule has 0 unspecified atom stereocenters. The van der Waals surface area contributed by atoms with Gasteiger partial charge in [0.25, 0.3) is 0 Å². The van der Waals surface area contributed by atoms with E-state index >= 15 is 0 Å². The Kier molecular flexibility index (Phi) is 2.52. The SMILES string of the molecule is Cc1ccc(-n2nc(C)c3c(Cl)ncnc32)cc1. The van der Waals surface area contributed by atoms with Crippen LogP contribution in [0.25, 0.3) is 16.7 Å². The number of aromatic nitrogens is 4. The van der Waals surface area contributed by atoms with Crippen molar-refractivity contribution in [1.29, 1.82) is 0 Å². The van der Waals surface area contributed by atoms with Gasteiger partial charge in [0, 0.05) is 0 Å². The highest BCUT2D eigenvalue weighted by atomic mass is 35.5. The first-order chi connectivity index (χ1) is 8.66. The van der Waals surface area contributed by atoms with E-state index in [0.717, 1.165) is 22.4 Å². The molecule has 0 aliphatic rings. The maximum atomic E-state index is 6.08. The van der Waals surface area contributed by atoms with Gasteiger partial charge < -0.3 is 0 Å². The van der Waals surface area contributed by atoms with Crippen LogP contribution in [0.1, 0.15) is 11.3 Å². The number of hydrogen-bond donors (Lipinski definition) is 0. The summed E-state index contributed by atoms with van der Waals surface area (Å²) in [6, 6.07) is 8.11. The molecule has 0 amide bonds. The Labute approximate surface area is 109 Å². The van der Waals surface area contributed by atoms with Crippen LogP contribution in [0.5, 0.6) is 0 Å². The third-order valence-corrected chi connectivity index (χ3v) is 3.16. The zero-order valence-electron chi connectivity index (χ0n) is 10.1. The summed E-state index contributed by atoms with van der Waals surface area (Å²) in [5, 5.41) is 5.73. The van der Waals surface area contributed by atoms with E-state index in [0.29, 0.717) is 5.15 Å². The smallest absolute Gasteiger partial charge is 0.168 e. The molecule has 3 aromatic rings. The van der Waals surface area contributed by atoms with Gasteiger partial charge in [0.2, 0.25) is 0 Å². The molecule has 2 aromatic heterocycles. The first kappa shape index (κ1) is 11.2. The summed E-state index contributed by atoms with van der Waals surface area (Å²) in [5.41, 5.74) is 3.74. The Morgan fingerprint density at radius 2 is 1.78 bits per heavy atom. The van der Waals surface area contributed by atoms with Crippen LogP contribution in [-0.4, -0.2) is 19.7 Å². The van der Waals surface area contributed by atoms with Crippen molar-refractivity contribution < 1.29 is 0 Å². The summed E-state index contributed by atoms with van der Waals surface area (Å²) in [7, 11) is 0. The van der Waals surface area contributed by atoms with Gasteiger partial charge in [0.15, 0.2) is 5.65 Å². The minimum absolute atomic E-state index is 0.441. The lowest BCUT2D eigenvalue weighted by molar-refractivity contribution is 0.876. The second-order valence-electron chi connectivity index (χ2n) is 4.20. The van der Waals surface area contributed by atoms with Crippen molar-refractivity contribution in [2.75, 3.05) is 0 Å². The first-order valence-corrected chi connectivity index (χ1v) is 5.97. The quantitative estimate of drug-likeness (QED) is 0.630. The third-order valence-electron chi connectivity index (χ3n) is 2.87. The fraction of sp³-hybridized carbons (Fsp3) is 0.154. The van der Waals surface area contributed by atoms with Crippen LogP contribution >= 0.6 is 11.6 Å². The predicted octanol–water partition coefficient (Wildman–Crippen LogP) is 3.09. The van der Waals surface area contributed by atoms with Crippen LogP contribution in [0, 0.1) is 13.8 Å². The van der Waals surface area contributed by atoms with Crippen LogP contribution in [-0.2, 0) is 0 Å². The topological polar surface area (TPSA) is 43.6 Å². The predicted molar refractivity (Wildman–Crippen MR) is 71.1 cm³/mol. The van der Waals surface area contributed by atoms with Crippen LogP contribution in [0.15, 0.2) is 30.6 Å². The minimum atomic E-state index is 0.441. The van der Waals surface area contributed by atoms with Gasteiger partial charge in [-0.15, -0.1) is 0 Å². The van der Waals surface area contributed by atoms with Crippen molar-refractivity contribution in [2.24, 2.45) is 0 Å². The van der Waals surface area contributed by atoms with Gasteiger partial charge in [-0.05, 0) is 26.0 Å². The second kappa shape index (κ2) is 4.07. The Morgan fingerprint density at radius 3 is 2.50 bits per heavy atom. The normalized spacial score (nSPS) is 11.1. The standard InChI is InChI=1S/C13H11ClN4/c1-8-3-5-10(6-4-8)18-13-11(9(2)17-18)12(14)15-7-16-13/h3-7H,1-2H3. The number of fused-ring (bicyclic) bond motifs is 1. The molecule has 0 aliphatic carbocycles. The van der Waals surface area contributed by atoms with E-state index < -0.39 is 0 Å². The third kappa shape index (κ3) is 1.66. The Bertz CT molecular complexity index is 716. The molecule has 0 atom stereocenters. The van der Waals surface area contributed by atoms with Gasteiger partial charge in [-0.25, -0.2) is 14.6 Å². The second-order valence-corrected chi connectivity index (χ2v) is 4.55. The summed E-state index contributed by atoms with van der Waals surface area (Å²) in [4.78, 5) is 8.26. The van der Waals surface area contributed by atoms with Gasteiger partial charge in [-0.3, -0.25) is 0 Å². The largest absolute Gasteiger partial charge is 0.224 e. The van der Waals surface area contributed by atoms with E-state index in [1.807, 2.05) is 31.2 Å². The molecule has 0 fully saturated rings.